The number of anilines is 1. The molecule has 2 amide bonds. The summed E-state index contributed by atoms with van der Waals surface area (Å²) in [5.74, 6) is -0.442. The maximum Gasteiger partial charge on any atom is 0.419 e. The van der Waals surface area contributed by atoms with Gasteiger partial charge in [0.1, 0.15) is 0 Å². The molecule has 0 aliphatic heterocycles. The molecule has 0 aliphatic carbocycles. The normalized spacial score (nSPS) is 10.7. The smallest absolute Gasteiger partial charge is 0.408 e. The highest BCUT2D eigenvalue weighted by Crippen LogP contribution is 2.17. The van der Waals surface area contributed by atoms with E-state index >= 15 is 0 Å². The number of carbonyl (C=O) groups is 1. The third-order valence-electron chi connectivity index (χ3n) is 3.39. The van der Waals surface area contributed by atoms with E-state index in [1.807, 2.05) is 12.1 Å². The quantitative estimate of drug-likeness (QED) is 0.774. The highest BCUT2D eigenvalue weighted by atomic mass is 35.5. The van der Waals surface area contributed by atoms with Gasteiger partial charge in [-0.25, -0.2) is 9.59 Å². The molecule has 6 nitrogen and oxygen atoms in total. The number of carbonyl (C=O) groups excluding carboxylic acids is 1. The lowest BCUT2D eigenvalue weighted by Gasteiger charge is -2.08. The fraction of sp³-hybridized carbons (Fsp3) is 0.125. The van der Waals surface area contributed by atoms with Gasteiger partial charge >= 0.3 is 11.8 Å². The number of benzene rings is 2. The fourth-order valence-electron chi connectivity index (χ4n) is 2.22. The Labute approximate surface area is 136 Å². The van der Waals surface area contributed by atoms with Crippen molar-refractivity contribution in [3.63, 3.8) is 0 Å². The lowest BCUT2D eigenvalue weighted by molar-refractivity contribution is 0.251. The molecule has 23 heavy (non-hydrogen) atoms. The molecule has 0 fully saturated rings. The average Bonchev–Trinajstić information content (AvgIpc) is 2.80. The van der Waals surface area contributed by atoms with Gasteiger partial charge in [0.15, 0.2) is 5.58 Å². The van der Waals surface area contributed by atoms with Gasteiger partial charge in [0.2, 0.25) is 0 Å². The Balaban J connectivity index is 1.67. The second-order valence-corrected chi connectivity index (χ2v) is 5.48. The van der Waals surface area contributed by atoms with Crippen molar-refractivity contribution in [3.05, 3.63) is 63.6 Å². The predicted molar refractivity (Wildman–Crippen MR) is 88.8 cm³/mol. The molecule has 3 aromatic rings. The lowest BCUT2D eigenvalue weighted by atomic mass is 10.2. The van der Waals surface area contributed by atoms with Crippen LogP contribution in [0.25, 0.3) is 11.1 Å². The van der Waals surface area contributed by atoms with Gasteiger partial charge in [0.25, 0.3) is 0 Å². The number of halogens is 1. The van der Waals surface area contributed by atoms with Crippen molar-refractivity contribution in [2.45, 2.75) is 6.54 Å². The Hall–Kier alpha value is -2.73. The highest BCUT2D eigenvalue weighted by Gasteiger charge is 2.08. The number of amides is 2. The van der Waals surface area contributed by atoms with E-state index in [9.17, 15) is 9.59 Å². The van der Waals surface area contributed by atoms with E-state index in [0.29, 0.717) is 28.4 Å². The third kappa shape index (κ3) is 3.37. The number of oxazole rings is 1. The SMILES string of the molecule is Cn1c(=O)oc2cc(NC(=O)NCc3cccc(Cl)c3)ccc21. The number of urea groups is 1. The second kappa shape index (κ2) is 6.18. The van der Waals surface area contributed by atoms with Crippen molar-refractivity contribution in [1.82, 2.24) is 9.88 Å². The molecule has 0 saturated carbocycles. The first kappa shape index (κ1) is 15.2. The van der Waals surface area contributed by atoms with Gasteiger partial charge in [-0.15, -0.1) is 0 Å². The van der Waals surface area contributed by atoms with Crippen LogP contribution in [0.15, 0.2) is 51.7 Å². The molecular formula is C16H14ClN3O3. The largest absolute Gasteiger partial charge is 0.419 e. The highest BCUT2D eigenvalue weighted by molar-refractivity contribution is 6.30. The minimum Gasteiger partial charge on any atom is -0.408 e. The van der Waals surface area contributed by atoms with E-state index in [2.05, 4.69) is 10.6 Å². The predicted octanol–water partition coefficient (Wildman–Crippen LogP) is 3.11. The van der Waals surface area contributed by atoms with Crippen LogP contribution in [-0.4, -0.2) is 10.6 Å². The molecular weight excluding hydrogens is 318 g/mol. The van der Waals surface area contributed by atoms with Crippen LogP contribution in [0, 0.1) is 0 Å². The van der Waals surface area contributed by atoms with Crippen molar-refractivity contribution >= 4 is 34.4 Å². The molecule has 2 N–H and O–H groups in total. The summed E-state index contributed by atoms with van der Waals surface area (Å²) in [4.78, 5) is 23.4. The Morgan fingerprint density at radius 1 is 1.26 bits per heavy atom. The summed E-state index contributed by atoms with van der Waals surface area (Å²) < 4.78 is 6.49. The Morgan fingerprint density at radius 3 is 2.87 bits per heavy atom. The van der Waals surface area contributed by atoms with Crippen LogP contribution >= 0.6 is 11.6 Å². The number of aromatic nitrogens is 1. The molecule has 2 aromatic carbocycles. The van der Waals surface area contributed by atoms with Crippen LogP contribution in [-0.2, 0) is 13.6 Å². The number of rotatable bonds is 3. The molecule has 0 radical (unpaired) electrons. The summed E-state index contributed by atoms with van der Waals surface area (Å²) in [5, 5.41) is 6.05. The van der Waals surface area contributed by atoms with E-state index in [1.165, 1.54) is 4.57 Å². The molecule has 0 atom stereocenters. The summed E-state index contributed by atoms with van der Waals surface area (Å²) >= 11 is 5.89. The monoisotopic (exact) mass is 331 g/mol. The van der Waals surface area contributed by atoms with Gasteiger partial charge < -0.3 is 15.1 Å². The van der Waals surface area contributed by atoms with Crippen molar-refractivity contribution in [2.75, 3.05) is 5.32 Å². The van der Waals surface area contributed by atoms with Gasteiger partial charge in [0.05, 0.1) is 5.52 Å². The van der Waals surface area contributed by atoms with Crippen LogP contribution in [0.2, 0.25) is 5.02 Å². The zero-order valence-electron chi connectivity index (χ0n) is 12.3. The molecule has 0 spiro atoms. The van der Waals surface area contributed by atoms with Crippen LogP contribution in [0.1, 0.15) is 5.56 Å². The second-order valence-electron chi connectivity index (χ2n) is 5.05. The summed E-state index contributed by atoms with van der Waals surface area (Å²) in [6, 6.07) is 11.9. The molecule has 1 aromatic heterocycles. The number of fused-ring (bicyclic) bond motifs is 1. The Morgan fingerprint density at radius 2 is 2.09 bits per heavy atom. The van der Waals surface area contributed by atoms with Crippen LogP contribution in [0.4, 0.5) is 10.5 Å². The first-order valence-corrected chi connectivity index (χ1v) is 7.29. The van der Waals surface area contributed by atoms with Crippen LogP contribution in [0.3, 0.4) is 0 Å². The zero-order valence-corrected chi connectivity index (χ0v) is 13.1. The molecule has 0 bridgehead atoms. The fourth-order valence-corrected chi connectivity index (χ4v) is 2.43. The van der Waals surface area contributed by atoms with Crippen molar-refractivity contribution in [1.29, 1.82) is 0 Å². The summed E-state index contributed by atoms with van der Waals surface area (Å²) in [6.45, 7) is 0.356. The van der Waals surface area contributed by atoms with Crippen molar-refractivity contribution < 1.29 is 9.21 Å². The van der Waals surface area contributed by atoms with E-state index in [1.54, 1.807) is 37.4 Å². The van der Waals surface area contributed by atoms with E-state index in [0.717, 1.165) is 5.56 Å². The lowest BCUT2D eigenvalue weighted by Crippen LogP contribution is -2.28. The van der Waals surface area contributed by atoms with Crippen molar-refractivity contribution in [2.24, 2.45) is 7.05 Å². The van der Waals surface area contributed by atoms with E-state index in [-0.39, 0.29) is 6.03 Å². The molecule has 3 rings (SSSR count). The Kier molecular flexibility index (Phi) is 4.08. The number of hydrogen-bond acceptors (Lipinski definition) is 3. The molecule has 7 heteroatoms. The van der Waals surface area contributed by atoms with Crippen LogP contribution < -0.4 is 16.4 Å². The standard InChI is InChI=1S/C16H14ClN3O3/c1-20-13-6-5-12(8-14(13)23-16(20)22)19-15(21)18-9-10-3-2-4-11(17)7-10/h2-8H,9H2,1H3,(H2,18,19,21). The first-order valence-electron chi connectivity index (χ1n) is 6.92. The average molecular weight is 332 g/mol. The van der Waals surface area contributed by atoms with E-state index in [4.69, 9.17) is 16.0 Å². The van der Waals surface area contributed by atoms with Crippen LogP contribution in [0.5, 0.6) is 0 Å². The summed E-state index contributed by atoms with van der Waals surface area (Å²) in [6.07, 6.45) is 0. The molecule has 0 saturated heterocycles. The van der Waals surface area contributed by atoms with Gasteiger partial charge in [-0.3, -0.25) is 4.57 Å². The minimum atomic E-state index is -0.442. The third-order valence-corrected chi connectivity index (χ3v) is 3.63. The zero-order chi connectivity index (χ0) is 16.4. The first-order chi connectivity index (χ1) is 11.0. The maximum atomic E-state index is 11.9. The summed E-state index contributed by atoms with van der Waals surface area (Å²) in [5.41, 5.74) is 2.53. The van der Waals surface area contributed by atoms with Crippen molar-refractivity contribution in [3.8, 4) is 0 Å². The van der Waals surface area contributed by atoms with Gasteiger partial charge in [-0.2, -0.15) is 0 Å². The number of nitrogens with zero attached hydrogens (tertiary/aromatic N) is 1. The molecule has 118 valence electrons. The molecule has 0 aliphatic rings. The van der Waals surface area contributed by atoms with Gasteiger partial charge in [-0.05, 0) is 29.8 Å². The van der Waals surface area contributed by atoms with Gasteiger partial charge in [0, 0.05) is 30.4 Å². The number of hydrogen-bond donors (Lipinski definition) is 2. The number of aryl methyl sites for hydroxylation is 1. The topological polar surface area (TPSA) is 76.3 Å². The molecule has 1 heterocycles. The Bertz CT molecular complexity index is 930. The summed E-state index contributed by atoms with van der Waals surface area (Å²) in [7, 11) is 1.62. The van der Waals surface area contributed by atoms with Gasteiger partial charge in [-0.1, -0.05) is 23.7 Å². The minimum absolute atomic E-state index is 0.356. The molecule has 0 unspecified atom stereocenters. The maximum absolute atomic E-state index is 11.9. The number of nitrogens with one attached hydrogen (secondary N) is 2. The van der Waals surface area contributed by atoms with E-state index < -0.39 is 5.76 Å².